The standard InChI is InChI=1S/C30H34BSi/c1-4-32(5-2,6-3)30-25-17-16-24-29(30)31(26-18-10-7-11-19-26,27-20-12-8-13-21-27)28-22-14-9-15-23-28/h7-25H,4-6H2,1-3H3/q-1. The molecule has 0 amide bonds. The van der Waals surface area contributed by atoms with Gasteiger partial charge >= 0.3 is 0 Å². The van der Waals surface area contributed by atoms with Crippen molar-refractivity contribution < 1.29 is 0 Å². The maximum absolute atomic E-state index is 2.46. The van der Waals surface area contributed by atoms with Crippen molar-refractivity contribution in [3.63, 3.8) is 0 Å². The SMILES string of the molecule is CC[Si](CC)(CC)c1ccccc1[B-](c1ccccc1)(c1ccccc1)c1ccccc1. The summed E-state index contributed by atoms with van der Waals surface area (Å²) >= 11 is 0. The number of hydrogen-bond acceptors (Lipinski definition) is 0. The summed E-state index contributed by atoms with van der Waals surface area (Å²) in [7, 11) is -1.63. The van der Waals surface area contributed by atoms with Crippen LogP contribution in [0.3, 0.4) is 0 Å². The first-order chi connectivity index (χ1) is 15.7. The van der Waals surface area contributed by atoms with E-state index in [9.17, 15) is 0 Å². The molecule has 0 aliphatic rings. The van der Waals surface area contributed by atoms with Crippen LogP contribution in [-0.4, -0.2) is 14.2 Å². The molecule has 0 bridgehead atoms. The van der Waals surface area contributed by atoms with Gasteiger partial charge in [0.15, 0.2) is 0 Å². The van der Waals surface area contributed by atoms with Crippen molar-refractivity contribution >= 4 is 41.3 Å². The molecule has 0 heterocycles. The Kier molecular flexibility index (Phi) is 6.81. The molecule has 0 nitrogen and oxygen atoms in total. The van der Waals surface area contributed by atoms with Crippen molar-refractivity contribution in [1.29, 1.82) is 0 Å². The fourth-order valence-corrected chi connectivity index (χ4v) is 10.0. The molecule has 162 valence electrons. The number of hydrogen-bond donors (Lipinski definition) is 0. The van der Waals surface area contributed by atoms with Crippen molar-refractivity contribution in [2.75, 3.05) is 0 Å². The molecule has 4 aromatic carbocycles. The third-order valence-electron chi connectivity index (χ3n) is 7.93. The van der Waals surface area contributed by atoms with Gasteiger partial charge in [-0.15, -0.1) is 0 Å². The summed E-state index contributed by atoms with van der Waals surface area (Å²) in [6.45, 7) is 7.24. The average Bonchev–Trinajstić information content (AvgIpc) is 2.89. The lowest BCUT2D eigenvalue weighted by Crippen LogP contribution is -2.79. The second kappa shape index (κ2) is 9.75. The number of rotatable bonds is 8. The van der Waals surface area contributed by atoms with Crippen molar-refractivity contribution in [3.8, 4) is 0 Å². The Balaban J connectivity index is 2.19. The summed E-state index contributed by atoms with van der Waals surface area (Å²) in [5.41, 5.74) is 5.70. The molecule has 0 aromatic heterocycles. The van der Waals surface area contributed by atoms with E-state index < -0.39 is 14.2 Å². The second-order valence-electron chi connectivity index (χ2n) is 9.03. The quantitative estimate of drug-likeness (QED) is 0.351. The Morgan fingerprint density at radius 2 is 0.812 bits per heavy atom. The Bertz CT molecular complexity index is 1010. The molecule has 0 unspecified atom stereocenters. The third kappa shape index (κ3) is 3.67. The molecular formula is C30H34BSi-. The molecule has 0 spiro atoms. The van der Waals surface area contributed by atoms with Crippen LogP contribution in [0.1, 0.15) is 20.8 Å². The lowest BCUT2D eigenvalue weighted by molar-refractivity contribution is 1.20. The van der Waals surface area contributed by atoms with Gasteiger partial charge in [-0.05, 0) is 0 Å². The molecule has 0 saturated heterocycles. The van der Waals surface area contributed by atoms with Gasteiger partial charge in [-0.3, -0.25) is 0 Å². The fourth-order valence-electron chi connectivity index (χ4n) is 6.02. The molecule has 0 fully saturated rings. The van der Waals surface area contributed by atoms with E-state index in [-0.39, 0.29) is 0 Å². The van der Waals surface area contributed by atoms with Crippen molar-refractivity contribution in [3.05, 3.63) is 115 Å². The molecule has 0 radical (unpaired) electrons. The van der Waals surface area contributed by atoms with Gasteiger partial charge < -0.3 is 0 Å². The summed E-state index contributed by atoms with van der Waals surface area (Å²) in [5, 5.41) is 1.64. The highest BCUT2D eigenvalue weighted by Gasteiger charge is 2.38. The van der Waals surface area contributed by atoms with E-state index >= 15 is 0 Å². The van der Waals surface area contributed by atoms with Crippen LogP contribution in [0, 0.1) is 0 Å². The minimum absolute atomic E-state index is 1.28. The van der Waals surface area contributed by atoms with E-state index in [1.165, 1.54) is 40.0 Å². The first kappa shape index (κ1) is 22.4. The molecule has 0 N–H and O–H groups in total. The van der Waals surface area contributed by atoms with Crippen LogP contribution in [0.15, 0.2) is 115 Å². The van der Waals surface area contributed by atoms with Crippen LogP contribution < -0.4 is 27.0 Å². The predicted octanol–water partition coefficient (Wildman–Crippen LogP) is 4.78. The first-order valence-electron chi connectivity index (χ1n) is 12.1. The summed E-state index contributed by atoms with van der Waals surface area (Å²) in [6.07, 6.45) is -1.30. The van der Waals surface area contributed by atoms with Crippen LogP contribution in [0.25, 0.3) is 0 Å². The van der Waals surface area contributed by atoms with E-state index in [1.54, 1.807) is 5.19 Å². The highest BCUT2D eigenvalue weighted by atomic mass is 28.3. The van der Waals surface area contributed by atoms with Gasteiger partial charge in [-0.1, -0.05) is 159 Å². The molecule has 0 saturated carbocycles. The zero-order valence-corrected chi connectivity index (χ0v) is 20.7. The molecule has 4 aromatic rings. The average molecular weight is 434 g/mol. The van der Waals surface area contributed by atoms with Crippen LogP contribution in [0.2, 0.25) is 18.1 Å². The van der Waals surface area contributed by atoms with Gasteiger partial charge in [0.2, 0.25) is 0 Å². The van der Waals surface area contributed by atoms with Crippen LogP contribution in [0.5, 0.6) is 0 Å². The monoisotopic (exact) mass is 433 g/mol. The van der Waals surface area contributed by atoms with Crippen LogP contribution in [0.4, 0.5) is 0 Å². The van der Waals surface area contributed by atoms with Crippen molar-refractivity contribution in [2.24, 2.45) is 0 Å². The highest BCUT2D eigenvalue weighted by Crippen LogP contribution is 2.21. The maximum Gasteiger partial charge on any atom is 0.108 e. The molecule has 2 heteroatoms. The van der Waals surface area contributed by atoms with E-state index in [0.717, 1.165) is 0 Å². The highest BCUT2D eigenvalue weighted by molar-refractivity contribution is 7.22. The lowest BCUT2D eigenvalue weighted by Gasteiger charge is -2.48. The zero-order valence-electron chi connectivity index (χ0n) is 19.7. The predicted molar refractivity (Wildman–Crippen MR) is 147 cm³/mol. The van der Waals surface area contributed by atoms with Gasteiger partial charge in [-0.25, -0.2) is 0 Å². The Morgan fingerprint density at radius 1 is 0.469 bits per heavy atom. The minimum Gasteiger partial charge on any atom is -0.196 e. The Morgan fingerprint density at radius 3 is 1.19 bits per heavy atom. The molecule has 0 aliphatic heterocycles. The first-order valence-corrected chi connectivity index (χ1v) is 14.8. The van der Waals surface area contributed by atoms with Crippen molar-refractivity contribution in [1.82, 2.24) is 0 Å². The third-order valence-corrected chi connectivity index (χ3v) is 13.6. The summed E-state index contributed by atoms with van der Waals surface area (Å²) < 4.78 is 0. The van der Waals surface area contributed by atoms with E-state index in [2.05, 4.69) is 136 Å². The van der Waals surface area contributed by atoms with Crippen molar-refractivity contribution in [2.45, 2.75) is 38.9 Å². The summed E-state index contributed by atoms with van der Waals surface area (Å²) in [4.78, 5) is 0. The molecule has 0 aliphatic carbocycles. The Hall–Kier alpha value is -2.84. The fraction of sp³-hybridized carbons (Fsp3) is 0.200. The molecular weight excluding hydrogens is 399 g/mol. The minimum atomic E-state index is -1.63. The van der Waals surface area contributed by atoms with Gasteiger partial charge in [0.25, 0.3) is 0 Å². The number of benzene rings is 4. The van der Waals surface area contributed by atoms with Gasteiger partial charge in [-0.2, -0.15) is 21.9 Å². The molecule has 4 rings (SSSR count). The zero-order chi connectivity index (χ0) is 22.4. The van der Waals surface area contributed by atoms with Crippen LogP contribution >= 0.6 is 0 Å². The smallest absolute Gasteiger partial charge is 0.108 e. The van der Waals surface area contributed by atoms with Crippen LogP contribution in [-0.2, 0) is 0 Å². The van der Waals surface area contributed by atoms with Gasteiger partial charge in [0, 0.05) is 0 Å². The van der Waals surface area contributed by atoms with Gasteiger partial charge in [0.05, 0.1) is 8.07 Å². The normalized spacial score (nSPS) is 12.0. The largest absolute Gasteiger partial charge is 0.196 e. The molecule has 32 heavy (non-hydrogen) atoms. The molecule has 0 atom stereocenters. The lowest BCUT2D eigenvalue weighted by atomic mass is 9.13. The summed E-state index contributed by atoms with van der Waals surface area (Å²) in [5.74, 6) is 0. The maximum atomic E-state index is 2.46. The van der Waals surface area contributed by atoms with E-state index in [4.69, 9.17) is 0 Å². The second-order valence-corrected chi connectivity index (χ2v) is 14.2. The Labute approximate surface area is 195 Å². The van der Waals surface area contributed by atoms with Gasteiger partial charge in [0.1, 0.15) is 6.15 Å². The topological polar surface area (TPSA) is 0 Å². The van der Waals surface area contributed by atoms with E-state index in [1.807, 2.05) is 0 Å². The summed E-state index contributed by atoms with van der Waals surface area (Å²) in [6, 6.07) is 46.9. The van der Waals surface area contributed by atoms with E-state index in [0.29, 0.717) is 0 Å².